The Bertz CT molecular complexity index is 1570. The largest absolute Gasteiger partial charge is 0.497 e. The Labute approximate surface area is 236 Å². The van der Waals surface area contributed by atoms with Crippen molar-refractivity contribution in [1.82, 2.24) is 10.3 Å². The summed E-state index contributed by atoms with van der Waals surface area (Å²) in [5, 5.41) is 4.73. The molecule has 0 radical (unpaired) electrons. The lowest BCUT2D eigenvalue weighted by Crippen LogP contribution is -2.29. The van der Waals surface area contributed by atoms with Gasteiger partial charge in [-0.3, -0.25) is 4.98 Å². The van der Waals surface area contributed by atoms with Crippen molar-refractivity contribution in [2.24, 2.45) is 0 Å². The number of ether oxygens (including phenoxy) is 2. The quantitative estimate of drug-likeness (QED) is 0.205. The van der Waals surface area contributed by atoms with Crippen LogP contribution in [0.2, 0.25) is 5.02 Å². The Kier molecular flexibility index (Phi) is 6.92. The number of rotatable bonds is 7. The molecule has 0 bridgehead atoms. The Morgan fingerprint density at radius 1 is 0.846 bits per heavy atom. The molecule has 1 saturated heterocycles. The first-order chi connectivity index (χ1) is 19.1. The second kappa shape index (κ2) is 10.8. The van der Waals surface area contributed by atoms with Gasteiger partial charge in [0.1, 0.15) is 34.8 Å². The van der Waals surface area contributed by atoms with Crippen molar-refractivity contribution in [2.45, 2.75) is 12.1 Å². The van der Waals surface area contributed by atoms with Crippen molar-refractivity contribution in [3.05, 3.63) is 126 Å². The summed E-state index contributed by atoms with van der Waals surface area (Å²) >= 11 is 11.9. The van der Waals surface area contributed by atoms with Crippen molar-refractivity contribution in [2.75, 3.05) is 12.0 Å². The summed E-state index contributed by atoms with van der Waals surface area (Å²) < 4.78 is 17.7. The van der Waals surface area contributed by atoms with Crippen molar-refractivity contribution >= 4 is 34.6 Å². The number of benzene rings is 3. The highest BCUT2D eigenvalue weighted by molar-refractivity contribution is 7.80. The van der Waals surface area contributed by atoms with Crippen LogP contribution in [-0.4, -0.2) is 17.2 Å². The fourth-order valence-electron chi connectivity index (χ4n) is 4.66. The van der Waals surface area contributed by atoms with E-state index in [4.69, 9.17) is 37.7 Å². The SMILES string of the molecule is COc1ccc(Oc2ccc(N3C(=S)N[C@@H](c4ccccn4)[C@H]3c3ccc(-c4ccc(Cl)cc4)o3)cc2)cc1. The first-order valence-electron chi connectivity index (χ1n) is 12.4. The van der Waals surface area contributed by atoms with Gasteiger partial charge in [-0.05, 0) is 109 Å². The normalized spacial score (nSPS) is 16.7. The number of nitrogens with one attached hydrogen (secondary N) is 1. The van der Waals surface area contributed by atoms with Crippen LogP contribution >= 0.6 is 23.8 Å². The van der Waals surface area contributed by atoms with Crippen molar-refractivity contribution in [3.8, 4) is 28.6 Å². The molecule has 1 aliphatic heterocycles. The van der Waals surface area contributed by atoms with E-state index in [-0.39, 0.29) is 12.1 Å². The average molecular weight is 554 g/mol. The minimum atomic E-state index is -0.262. The fraction of sp³-hybridized carbons (Fsp3) is 0.0968. The zero-order valence-electron chi connectivity index (χ0n) is 21.0. The van der Waals surface area contributed by atoms with Gasteiger partial charge in [-0.1, -0.05) is 17.7 Å². The van der Waals surface area contributed by atoms with E-state index >= 15 is 0 Å². The Morgan fingerprint density at radius 2 is 1.54 bits per heavy atom. The predicted molar refractivity (Wildman–Crippen MR) is 157 cm³/mol. The zero-order chi connectivity index (χ0) is 26.8. The molecule has 6 rings (SSSR count). The lowest BCUT2D eigenvalue weighted by Gasteiger charge is -2.26. The molecule has 6 nitrogen and oxygen atoms in total. The molecule has 1 N–H and O–H groups in total. The van der Waals surface area contributed by atoms with Gasteiger partial charge in [0.05, 0.1) is 18.8 Å². The Hall–Kier alpha value is -4.33. The summed E-state index contributed by atoms with van der Waals surface area (Å²) in [6.45, 7) is 0. The number of nitrogens with zero attached hydrogens (tertiary/aromatic N) is 2. The van der Waals surface area contributed by atoms with Gasteiger partial charge in [-0.2, -0.15) is 0 Å². The number of hydrogen-bond donors (Lipinski definition) is 1. The molecule has 39 heavy (non-hydrogen) atoms. The maximum Gasteiger partial charge on any atom is 0.174 e. The molecule has 3 heterocycles. The van der Waals surface area contributed by atoms with Crippen LogP contribution in [-0.2, 0) is 0 Å². The zero-order valence-corrected chi connectivity index (χ0v) is 22.5. The third-order valence-electron chi connectivity index (χ3n) is 6.56. The molecule has 1 fully saturated rings. The van der Waals surface area contributed by atoms with Crippen molar-refractivity contribution in [3.63, 3.8) is 0 Å². The standard InChI is InChI=1S/C31H24ClN3O3S/c1-36-23-13-15-25(16-14-23)37-24-11-9-22(10-12-24)35-30(29(34-31(35)39)26-4-2-3-19-33-26)28-18-17-27(38-28)20-5-7-21(32)8-6-20/h2-19,29-30H,1H3,(H,34,39)/t29-,30+/m0/s1. The maximum absolute atomic E-state index is 6.42. The van der Waals surface area contributed by atoms with E-state index in [0.29, 0.717) is 15.9 Å². The maximum atomic E-state index is 6.42. The smallest absolute Gasteiger partial charge is 0.174 e. The molecule has 0 spiro atoms. The lowest BCUT2D eigenvalue weighted by atomic mass is 10.0. The summed E-state index contributed by atoms with van der Waals surface area (Å²) in [6, 6.07) is 32.2. The first-order valence-corrected chi connectivity index (χ1v) is 13.2. The van der Waals surface area contributed by atoms with E-state index in [2.05, 4.69) is 15.2 Å². The second-order valence-corrected chi connectivity index (χ2v) is 9.80. The van der Waals surface area contributed by atoms with Crippen LogP contribution in [0.25, 0.3) is 11.3 Å². The summed E-state index contributed by atoms with van der Waals surface area (Å²) in [5.41, 5.74) is 2.72. The van der Waals surface area contributed by atoms with Crippen LogP contribution in [0.3, 0.4) is 0 Å². The van der Waals surface area contributed by atoms with Crippen LogP contribution in [0.1, 0.15) is 23.5 Å². The van der Waals surface area contributed by atoms with Crippen LogP contribution in [0, 0.1) is 0 Å². The molecule has 194 valence electrons. The number of thiocarbonyl (C=S) groups is 1. The minimum absolute atomic E-state index is 0.210. The first kappa shape index (κ1) is 25.0. The van der Waals surface area contributed by atoms with E-state index in [9.17, 15) is 0 Å². The second-order valence-electron chi connectivity index (χ2n) is 8.98. The number of aromatic nitrogens is 1. The number of pyridine rings is 1. The van der Waals surface area contributed by atoms with Gasteiger partial charge in [0.2, 0.25) is 0 Å². The highest BCUT2D eigenvalue weighted by Crippen LogP contribution is 2.43. The molecule has 3 aromatic carbocycles. The number of furan rings is 1. The number of halogens is 1. The highest BCUT2D eigenvalue weighted by atomic mass is 35.5. The van der Waals surface area contributed by atoms with E-state index < -0.39 is 0 Å². The van der Waals surface area contributed by atoms with E-state index in [1.54, 1.807) is 13.3 Å². The summed E-state index contributed by atoms with van der Waals surface area (Å²) in [5.74, 6) is 3.73. The monoisotopic (exact) mass is 553 g/mol. The van der Waals surface area contributed by atoms with Gasteiger partial charge in [0.25, 0.3) is 0 Å². The third-order valence-corrected chi connectivity index (χ3v) is 7.12. The van der Waals surface area contributed by atoms with Crippen molar-refractivity contribution < 1.29 is 13.9 Å². The predicted octanol–water partition coefficient (Wildman–Crippen LogP) is 7.97. The van der Waals surface area contributed by atoms with Gasteiger partial charge in [-0.25, -0.2) is 0 Å². The van der Waals surface area contributed by atoms with Crippen LogP contribution < -0.4 is 19.7 Å². The molecular formula is C31H24ClN3O3S. The molecule has 2 aromatic heterocycles. The number of methoxy groups -OCH3 is 1. The fourth-order valence-corrected chi connectivity index (χ4v) is 5.13. The molecule has 0 saturated carbocycles. The summed E-state index contributed by atoms with van der Waals surface area (Å²) in [4.78, 5) is 6.68. The van der Waals surface area contributed by atoms with Gasteiger partial charge < -0.3 is 24.1 Å². The summed E-state index contributed by atoms with van der Waals surface area (Å²) in [6.07, 6.45) is 1.78. The minimum Gasteiger partial charge on any atom is -0.497 e. The van der Waals surface area contributed by atoms with Gasteiger partial charge in [0, 0.05) is 22.5 Å². The van der Waals surface area contributed by atoms with Crippen LogP contribution in [0.5, 0.6) is 17.2 Å². The number of anilines is 1. The molecule has 0 amide bonds. The van der Waals surface area contributed by atoms with Crippen molar-refractivity contribution in [1.29, 1.82) is 0 Å². The Balaban J connectivity index is 1.32. The molecular weight excluding hydrogens is 530 g/mol. The molecule has 8 heteroatoms. The molecule has 2 atom stereocenters. The molecule has 5 aromatic rings. The van der Waals surface area contributed by atoms with E-state index in [1.165, 1.54) is 0 Å². The number of hydrogen-bond acceptors (Lipinski definition) is 5. The van der Waals surface area contributed by atoms with E-state index in [1.807, 2.05) is 103 Å². The highest BCUT2D eigenvalue weighted by Gasteiger charge is 2.42. The van der Waals surface area contributed by atoms with Gasteiger partial charge in [0.15, 0.2) is 5.11 Å². The molecule has 0 aliphatic carbocycles. The van der Waals surface area contributed by atoms with Crippen LogP contribution in [0.4, 0.5) is 5.69 Å². The topological polar surface area (TPSA) is 59.8 Å². The van der Waals surface area contributed by atoms with Crippen LogP contribution in [0.15, 0.2) is 114 Å². The van der Waals surface area contributed by atoms with Gasteiger partial charge in [-0.15, -0.1) is 0 Å². The average Bonchev–Trinajstić information content (AvgIpc) is 3.59. The lowest BCUT2D eigenvalue weighted by molar-refractivity contribution is 0.413. The van der Waals surface area contributed by atoms with E-state index in [0.717, 1.165) is 40.0 Å². The molecule has 0 unspecified atom stereocenters. The summed E-state index contributed by atoms with van der Waals surface area (Å²) in [7, 11) is 1.64. The molecule has 1 aliphatic rings. The Morgan fingerprint density at radius 3 is 2.21 bits per heavy atom. The van der Waals surface area contributed by atoms with Gasteiger partial charge >= 0.3 is 0 Å². The third kappa shape index (κ3) is 5.19.